The summed E-state index contributed by atoms with van der Waals surface area (Å²) in [6.45, 7) is 4.10. The van der Waals surface area contributed by atoms with Crippen LogP contribution in [-0.4, -0.2) is 33.2 Å². The second kappa shape index (κ2) is 7.70. The van der Waals surface area contributed by atoms with Crippen LogP contribution in [0.1, 0.15) is 41.5 Å². The Morgan fingerprint density at radius 1 is 1.20 bits per heavy atom. The summed E-state index contributed by atoms with van der Waals surface area (Å²) in [5.74, 6) is 0.289. The Morgan fingerprint density at radius 3 is 2.76 bits per heavy atom. The highest BCUT2D eigenvalue weighted by molar-refractivity contribution is 6.00. The molecule has 1 aromatic carbocycles. The third-order valence-electron chi connectivity index (χ3n) is 4.21. The van der Waals surface area contributed by atoms with Gasteiger partial charge in [-0.15, -0.1) is 0 Å². The van der Waals surface area contributed by atoms with Gasteiger partial charge in [-0.3, -0.25) is 9.59 Å². The molecule has 3 rings (SSSR count). The van der Waals surface area contributed by atoms with Crippen LogP contribution in [0.2, 0.25) is 0 Å². The molecule has 0 saturated carbocycles. The average Bonchev–Trinajstić information content (AvgIpc) is 2.68. The molecule has 6 heteroatoms. The molecular formula is C19H20N4O2. The fraction of sp³-hybridized carbons (Fsp3) is 0.263. The fourth-order valence-electron chi connectivity index (χ4n) is 3.01. The molecule has 128 valence electrons. The zero-order valence-corrected chi connectivity index (χ0v) is 13.9. The van der Waals surface area contributed by atoms with Gasteiger partial charge in [0.2, 0.25) is 5.91 Å². The molecule has 1 atom stereocenters. The van der Waals surface area contributed by atoms with Crippen molar-refractivity contribution in [2.45, 2.75) is 25.3 Å². The maximum atomic E-state index is 13.0. The first-order valence-electron chi connectivity index (χ1n) is 8.30. The summed E-state index contributed by atoms with van der Waals surface area (Å²) in [6.07, 6.45) is 7.45. The molecule has 0 bridgehead atoms. The first kappa shape index (κ1) is 16.8. The summed E-state index contributed by atoms with van der Waals surface area (Å²) in [7, 11) is 0. The van der Waals surface area contributed by atoms with Crippen molar-refractivity contribution >= 4 is 17.5 Å². The minimum Gasteiger partial charge on any atom is -0.328 e. The number of benzene rings is 1. The molecule has 2 amide bonds. The molecule has 2 aromatic rings. The van der Waals surface area contributed by atoms with Crippen LogP contribution in [-0.2, 0) is 4.79 Å². The van der Waals surface area contributed by atoms with Gasteiger partial charge in [0.1, 0.15) is 0 Å². The van der Waals surface area contributed by atoms with E-state index in [0.717, 1.165) is 19.3 Å². The van der Waals surface area contributed by atoms with Gasteiger partial charge in [0.15, 0.2) is 5.82 Å². The monoisotopic (exact) mass is 336 g/mol. The highest BCUT2D eigenvalue weighted by atomic mass is 16.2. The van der Waals surface area contributed by atoms with Gasteiger partial charge < -0.3 is 10.2 Å². The Balaban J connectivity index is 1.84. The molecule has 0 aliphatic carbocycles. The summed E-state index contributed by atoms with van der Waals surface area (Å²) < 4.78 is 0. The quantitative estimate of drug-likeness (QED) is 0.871. The molecule has 1 fully saturated rings. The number of aromatic nitrogens is 2. The van der Waals surface area contributed by atoms with Crippen molar-refractivity contribution in [1.82, 2.24) is 14.9 Å². The van der Waals surface area contributed by atoms with E-state index in [1.165, 1.54) is 6.08 Å². The highest BCUT2D eigenvalue weighted by Crippen LogP contribution is 2.30. The number of nitrogens with zero attached hydrogens (tertiary/aromatic N) is 3. The molecule has 25 heavy (non-hydrogen) atoms. The summed E-state index contributed by atoms with van der Waals surface area (Å²) in [5, 5.41) is 2.68. The number of piperidine rings is 1. The van der Waals surface area contributed by atoms with Gasteiger partial charge in [0, 0.05) is 30.2 Å². The largest absolute Gasteiger partial charge is 0.328 e. The maximum Gasteiger partial charge on any atom is 0.254 e. The van der Waals surface area contributed by atoms with Crippen LogP contribution in [0.3, 0.4) is 0 Å². The normalized spacial score (nSPS) is 17.0. The maximum absolute atomic E-state index is 13.0. The van der Waals surface area contributed by atoms with Crippen molar-refractivity contribution < 1.29 is 9.59 Å². The van der Waals surface area contributed by atoms with E-state index in [0.29, 0.717) is 23.6 Å². The van der Waals surface area contributed by atoms with E-state index in [1.807, 2.05) is 4.90 Å². The molecule has 1 aromatic heterocycles. The smallest absolute Gasteiger partial charge is 0.254 e. The summed E-state index contributed by atoms with van der Waals surface area (Å²) in [4.78, 5) is 35.0. The van der Waals surface area contributed by atoms with E-state index in [4.69, 9.17) is 0 Å². The molecular weight excluding hydrogens is 316 g/mol. The Labute approximate surface area is 146 Å². The van der Waals surface area contributed by atoms with Crippen molar-refractivity contribution in [1.29, 1.82) is 0 Å². The fourth-order valence-corrected chi connectivity index (χ4v) is 3.01. The van der Waals surface area contributed by atoms with Crippen LogP contribution in [0.15, 0.2) is 55.4 Å². The van der Waals surface area contributed by atoms with Crippen LogP contribution in [0.5, 0.6) is 0 Å². The second-order valence-electron chi connectivity index (χ2n) is 5.89. The van der Waals surface area contributed by atoms with E-state index < -0.39 is 0 Å². The number of amides is 2. The van der Waals surface area contributed by atoms with E-state index in [9.17, 15) is 9.59 Å². The van der Waals surface area contributed by atoms with Crippen molar-refractivity contribution in [3.8, 4) is 0 Å². The molecule has 1 saturated heterocycles. The Morgan fingerprint density at radius 2 is 2.00 bits per heavy atom. The standard InChI is InChI=1S/C19H20N4O2/c1-2-17(24)22-15-8-5-7-14(13-15)19(25)23-12-4-3-9-16(23)18-20-10-6-11-21-18/h2,5-8,10-11,13,16H,1,3-4,9,12H2,(H,22,24). The number of hydrogen-bond acceptors (Lipinski definition) is 4. The number of likely N-dealkylation sites (tertiary alicyclic amines) is 1. The number of anilines is 1. The predicted molar refractivity (Wildman–Crippen MR) is 94.9 cm³/mol. The van der Waals surface area contributed by atoms with Crippen molar-refractivity contribution in [2.24, 2.45) is 0 Å². The minimum absolute atomic E-state index is 0.0770. The number of rotatable bonds is 4. The summed E-state index contributed by atoms with van der Waals surface area (Å²) in [5.41, 5.74) is 1.10. The van der Waals surface area contributed by atoms with Gasteiger partial charge in [0.25, 0.3) is 5.91 Å². The number of nitrogens with one attached hydrogen (secondary N) is 1. The van der Waals surface area contributed by atoms with Crippen LogP contribution < -0.4 is 5.32 Å². The Kier molecular flexibility index (Phi) is 5.18. The molecule has 1 N–H and O–H groups in total. The zero-order valence-electron chi connectivity index (χ0n) is 13.9. The van der Waals surface area contributed by atoms with Crippen molar-refractivity contribution in [3.63, 3.8) is 0 Å². The second-order valence-corrected chi connectivity index (χ2v) is 5.89. The molecule has 1 aliphatic heterocycles. The lowest BCUT2D eigenvalue weighted by atomic mass is 10.00. The Hall–Kier alpha value is -3.02. The van der Waals surface area contributed by atoms with Gasteiger partial charge in [-0.2, -0.15) is 0 Å². The van der Waals surface area contributed by atoms with Gasteiger partial charge in [0.05, 0.1) is 6.04 Å². The van der Waals surface area contributed by atoms with E-state index in [-0.39, 0.29) is 17.9 Å². The topological polar surface area (TPSA) is 75.2 Å². The van der Waals surface area contributed by atoms with E-state index >= 15 is 0 Å². The third-order valence-corrected chi connectivity index (χ3v) is 4.21. The number of hydrogen-bond donors (Lipinski definition) is 1. The van der Waals surface area contributed by atoms with Gasteiger partial charge in [-0.05, 0) is 49.6 Å². The van der Waals surface area contributed by atoms with Crippen molar-refractivity contribution in [2.75, 3.05) is 11.9 Å². The lowest BCUT2D eigenvalue weighted by Crippen LogP contribution is -2.39. The van der Waals surface area contributed by atoms with E-state index in [2.05, 4.69) is 21.9 Å². The van der Waals surface area contributed by atoms with Crippen LogP contribution in [0.25, 0.3) is 0 Å². The number of carbonyl (C=O) groups is 2. The SMILES string of the molecule is C=CC(=O)Nc1cccc(C(=O)N2CCCCC2c2ncccn2)c1. The van der Waals surface area contributed by atoms with E-state index in [1.54, 1.807) is 42.7 Å². The molecule has 0 radical (unpaired) electrons. The molecule has 2 heterocycles. The first-order chi connectivity index (χ1) is 12.2. The lowest BCUT2D eigenvalue weighted by molar-refractivity contribution is -0.111. The van der Waals surface area contributed by atoms with Crippen LogP contribution in [0, 0.1) is 0 Å². The van der Waals surface area contributed by atoms with Gasteiger partial charge >= 0.3 is 0 Å². The van der Waals surface area contributed by atoms with Gasteiger partial charge in [-0.25, -0.2) is 9.97 Å². The third kappa shape index (κ3) is 3.91. The number of carbonyl (C=O) groups excluding carboxylic acids is 2. The Bertz CT molecular complexity index is 776. The molecule has 1 aliphatic rings. The van der Waals surface area contributed by atoms with Crippen molar-refractivity contribution in [3.05, 3.63) is 66.8 Å². The van der Waals surface area contributed by atoms with Crippen LogP contribution >= 0.6 is 0 Å². The summed E-state index contributed by atoms with van der Waals surface area (Å²) in [6, 6.07) is 8.58. The molecule has 6 nitrogen and oxygen atoms in total. The van der Waals surface area contributed by atoms with Gasteiger partial charge in [-0.1, -0.05) is 12.6 Å². The van der Waals surface area contributed by atoms with Crippen LogP contribution in [0.4, 0.5) is 5.69 Å². The molecule has 1 unspecified atom stereocenters. The molecule has 0 spiro atoms. The first-order valence-corrected chi connectivity index (χ1v) is 8.30. The average molecular weight is 336 g/mol. The predicted octanol–water partition coefficient (Wildman–Crippen LogP) is 2.97. The summed E-state index contributed by atoms with van der Waals surface area (Å²) >= 11 is 0. The lowest BCUT2D eigenvalue weighted by Gasteiger charge is -2.34. The highest BCUT2D eigenvalue weighted by Gasteiger charge is 2.30. The zero-order chi connectivity index (χ0) is 17.6. The minimum atomic E-state index is -0.307.